The van der Waals surface area contributed by atoms with Gasteiger partial charge in [-0.25, -0.2) is 0 Å². The van der Waals surface area contributed by atoms with Gasteiger partial charge in [0.2, 0.25) is 5.91 Å². The zero-order chi connectivity index (χ0) is 11.0. The highest BCUT2D eigenvalue weighted by molar-refractivity contribution is 5.80. The second kappa shape index (κ2) is 7.06. The molecule has 1 unspecified atom stereocenters. The summed E-state index contributed by atoms with van der Waals surface area (Å²) in [5, 5.41) is 10.8. The number of carbonyl (C=O) groups excluding carboxylic acids is 2. The Morgan fingerprint density at radius 3 is 2.50 bits per heavy atom. The number of nitrogens with one attached hydrogen (secondary N) is 1. The quantitative estimate of drug-likeness (QED) is 0.581. The Morgan fingerprint density at radius 1 is 1.43 bits per heavy atom. The lowest BCUT2D eigenvalue weighted by Gasteiger charge is -2.09. The van der Waals surface area contributed by atoms with Crippen LogP contribution in [0.3, 0.4) is 0 Å². The van der Waals surface area contributed by atoms with Crippen molar-refractivity contribution in [3.8, 4) is 0 Å². The molecule has 0 radical (unpaired) electrons. The van der Waals surface area contributed by atoms with E-state index in [4.69, 9.17) is 5.11 Å². The molecule has 0 aromatic heterocycles. The smallest absolute Gasteiger partial charge is 0.303 e. The van der Waals surface area contributed by atoms with Gasteiger partial charge in [0.15, 0.2) is 0 Å². The van der Waals surface area contributed by atoms with Crippen molar-refractivity contribution in [1.29, 1.82) is 0 Å². The number of hydrogen-bond donors (Lipinski definition) is 2. The fourth-order valence-corrected chi connectivity index (χ4v) is 0.911. The Bertz CT molecular complexity index is 215. The van der Waals surface area contributed by atoms with E-state index in [1.54, 1.807) is 6.92 Å². The predicted molar refractivity (Wildman–Crippen MR) is 49.8 cm³/mol. The van der Waals surface area contributed by atoms with E-state index in [9.17, 15) is 14.4 Å². The normalized spacial score (nSPS) is 11.8. The van der Waals surface area contributed by atoms with Crippen molar-refractivity contribution in [3.63, 3.8) is 0 Å². The van der Waals surface area contributed by atoms with Crippen LogP contribution < -0.4 is 5.32 Å². The lowest BCUT2D eigenvalue weighted by molar-refractivity contribution is -0.137. The fraction of sp³-hybridized carbons (Fsp3) is 0.667. The first-order chi connectivity index (χ1) is 6.60. The minimum atomic E-state index is -0.916. The van der Waals surface area contributed by atoms with E-state index in [0.717, 1.165) is 0 Å². The summed E-state index contributed by atoms with van der Waals surface area (Å²) in [6.07, 6.45) is 1.65. The molecule has 80 valence electrons. The molecule has 0 aliphatic carbocycles. The van der Waals surface area contributed by atoms with Crippen molar-refractivity contribution in [2.45, 2.75) is 38.6 Å². The van der Waals surface area contributed by atoms with E-state index in [-0.39, 0.29) is 18.7 Å². The van der Waals surface area contributed by atoms with Crippen molar-refractivity contribution in [2.75, 3.05) is 0 Å². The van der Waals surface area contributed by atoms with Gasteiger partial charge >= 0.3 is 5.97 Å². The van der Waals surface area contributed by atoms with Crippen LogP contribution in [0.5, 0.6) is 0 Å². The molecule has 1 amide bonds. The summed E-state index contributed by atoms with van der Waals surface area (Å²) in [5.41, 5.74) is 0. The number of aldehydes is 1. The molecule has 0 spiro atoms. The molecule has 5 nitrogen and oxygen atoms in total. The molecule has 1 atom stereocenters. The van der Waals surface area contributed by atoms with Crippen molar-refractivity contribution >= 4 is 18.2 Å². The summed E-state index contributed by atoms with van der Waals surface area (Å²) in [6.45, 7) is 1.79. The molecule has 0 aromatic carbocycles. The number of amides is 1. The van der Waals surface area contributed by atoms with E-state index in [2.05, 4.69) is 5.32 Å². The summed E-state index contributed by atoms with van der Waals surface area (Å²) in [5.74, 6) is -1.19. The van der Waals surface area contributed by atoms with E-state index in [1.807, 2.05) is 0 Å². The minimum absolute atomic E-state index is 0.0225. The Balaban J connectivity index is 3.64. The van der Waals surface area contributed by atoms with E-state index in [1.165, 1.54) is 0 Å². The third-order valence-corrected chi connectivity index (χ3v) is 1.74. The molecule has 0 heterocycles. The van der Waals surface area contributed by atoms with Crippen LogP contribution >= 0.6 is 0 Å². The largest absolute Gasteiger partial charge is 0.481 e. The highest BCUT2D eigenvalue weighted by Gasteiger charge is 2.08. The SMILES string of the molecule is CCC(C=O)NC(=O)CCCC(=O)O. The first-order valence-electron chi connectivity index (χ1n) is 4.56. The Labute approximate surface area is 82.5 Å². The summed E-state index contributed by atoms with van der Waals surface area (Å²) in [4.78, 5) is 31.6. The Hall–Kier alpha value is -1.39. The van der Waals surface area contributed by atoms with E-state index < -0.39 is 12.0 Å². The van der Waals surface area contributed by atoms with Crippen LogP contribution in [-0.2, 0) is 14.4 Å². The number of carboxylic acid groups (broad SMARTS) is 1. The number of carbonyl (C=O) groups is 3. The first kappa shape index (κ1) is 12.6. The van der Waals surface area contributed by atoms with Crippen LogP contribution in [-0.4, -0.2) is 29.3 Å². The van der Waals surface area contributed by atoms with Crippen LogP contribution in [0.2, 0.25) is 0 Å². The highest BCUT2D eigenvalue weighted by atomic mass is 16.4. The van der Waals surface area contributed by atoms with Crippen molar-refractivity contribution in [1.82, 2.24) is 5.32 Å². The fourth-order valence-electron chi connectivity index (χ4n) is 0.911. The van der Waals surface area contributed by atoms with Crippen LogP contribution in [0.25, 0.3) is 0 Å². The lowest BCUT2D eigenvalue weighted by atomic mass is 10.2. The molecule has 0 aliphatic rings. The van der Waals surface area contributed by atoms with Gasteiger partial charge in [0.1, 0.15) is 6.29 Å². The van der Waals surface area contributed by atoms with Gasteiger partial charge in [-0.15, -0.1) is 0 Å². The summed E-state index contributed by atoms with van der Waals surface area (Å²) in [7, 11) is 0. The van der Waals surface area contributed by atoms with Gasteiger partial charge in [-0.2, -0.15) is 0 Å². The molecule has 0 rings (SSSR count). The van der Waals surface area contributed by atoms with Crippen molar-refractivity contribution in [2.24, 2.45) is 0 Å². The monoisotopic (exact) mass is 201 g/mol. The average molecular weight is 201 g/mol. The summed E-state index contributed by atoms with van der Waals surface area (Å²) >= 11 is 0. The van der Waals surface area contributed by atoms with Gasteiger partial charge in [-0.3, -0.25) is 9.59 Å². The topological polar surface area (TPSA) is 83.5 Å². The van der Waals surface area contributed by atoms with Gasteiger partial charge < -0.3 is 15.2 Å². The van der Waals surface area contributed by atoms with Gasteiger partial charge in [-0.05, 0) is 12.8 Å². The molecule has 14 heavy (non-hydrogen) atoms. The highest BCUT2D eigenvalue weighted by Crippen LogP contribution is 1.96. The molecular formula is C9H15NO4. The minimum Gasteiger partial charge on any atom is -0.481 e. The molecule has 0 saturated heterocycles. The Morgan fingerprint density at radius 2 is 2.07 bits per heavy atom. The molecule has 0 bridgehead atoms. The number of rotatable bonds is 7. The summed E-state index contributed by atoms with van der Waals surface area (Å²) < 4.78 is 0. The van der Waals surface area contributed by atoms with Gasteiger partial charge in [0.05, 0.1) is 6.04 Å². The van der Waals surface area contributed by atoms with Crippen molar-refractivity contribution < 1.29 is 19.5 Å². The Kier molecular flexibility index (Phi) is 6.36. The molecular weight excluding hydrogens is 186 g/mol. The zero-order valence-corrected chi connectivity index (χ0v) is 8.16. The second-order valence-corrected chi connectivity index (χ2v) is 2.97. The van der Waals surface area contributed by atoms with Crippen LogP contribution in [0.1, 0.15) is 32.6 Å². The van der Waals surface area contributed by atoms with Gasteiger partial charge in [0.25, 0.3) is 0 Å². The second-order valence-electron chi connectivity index (χ2n) is 2.97. The molecule has 0 fully saturated rings. The molecule has 0 saturated carbocycles. The molecule has 0 aliphatic heterocycles. The lowest BCUT2D eigenvalue weighted by Crippen LogP contribution is -2.35. The number of hydrogen-bond acceptors (Lipinski definition) is 3. The predicted octanol–water partition coefficient (Wildman–Crippen LogP) is 0.335. The molecule has 5 heteroatoms. The average Bonchev–Trinajstić information content (AvgIpc) is 2.13. The number of aliphatic carboxylic acids is 1. The maximum absolute atomic E-state index is 11.1. The first-order valence-corrected chi connectivity index (χ1v) is 4.56. The third kappa shape index (κ3) is 6.16. The van der Waals surface area contributed by atoms with E-state index >= 15 is 0 Å². The maximum Gasteiger partial charge on any atom is 0.303 e. The van der Waals surface area contributed by atoms with Gasteiger partial charge in [0, 0.05) is 12.8 Å². The molecule has 2 N–H and O–H groups in total. The van der Waals surface area contributed by atoms with E-state index in [0.29, 0.717) is 19.1 Å². The summed E-state index contributed by atoms with van der Waals surface area (Å²) in [6, 6.07) is -0.452. The zero-order valence-electron chi connectivity index (χ0n) is 8.16. The maximum atomic E-state index is 11.1. The van der Waals surface area contributed by atoms with Crippen molar-refractivity contribution in [3.05, 3.63) is 0 Å². The molecule has 0 aromatic rings. The van der Waals surface area contributed by atoms with Crippen LogP contribution in [0.4, 0.5) is 0 Å². The van der Waals surface area contributed by atoms with Crippen LogP contribution in [0, 0.1) is 0 Å². The standard InChI is InChI=1S/C9H15NO4/c1-2-7(6-11)10-8(12)4-3-5-9(13)14/h6-7H,2-5H2,1H3,(H,10,12)(H,13,14). The van der Waals surface area contributed by atoms with Crippen LogP contribution in [0.15, 0.2) is 0 Å². The van der Waals surface area contributed by atoms with Gasteiger partial charge in [-0.1, -0.05) is 6.92 Å². The number of carboxylic acids is 1. The third-order valence-electron chi connectivity index (χ3n) is 1.74.